The summed E-state index contributed by atoms with van der Waals surface area (Å²) in [6.07, 6.45) is -2.97. The van der Waals surface area contributed by atoms with Crippen molar-refractivity contribution in [3.8, 4) is 23.3 Å². The zero-order chi connectivity index (χ0) is 39.4. The molecule has 3 aliphatic rings. The van der Waals surface area contributed by atoms with Crippen molar-refractivity contribution in [3.05, 3.63) is 87.3 Å². The van der Waals surface area contributed by atoms with Crippen LogP contribution in [0.5, 0.6) is 17.2 Å². The fraction of sp³-hybridized carbons (Fsp3) is 0.270. The number of nitrogens with one attached hydrogen (secondary N) is 2. The van der Waals surface area contributed by atoms with E-state index >= 15 is 0 Å². The molecule has 0 bridgehead atoms. The lowest BCUT2D eigenvalue weighted by atomic mass is 10.0. The van der Waals surface area contributed by atoms with E-state index in [1.54, 1.807) is 18.2 Å². The van der Waals surface area contributed by atoms with Crippen LogP contribution >= 0.6 is 11.8 Å². The molecule has 0 saturated carbocycles. The van der Waals surface area contributed by atoms with Crippen molar-refractivity contribution in [1.82, 2.24) is 15.1 Å². The number of piperidine rings is 1. The minimum Gasteiger partial charge on any atom is -0.493 e. The summed E-state index contributed by atoms with van der Waals surface area (Å²) in [5.41, 5.74) is -0.275. The van der Waals surface area contributed by atoms with Gasteiger partial charge in [-0.1, -0.05) is 12.1 Å². The SMILES string of the molecule is COc1cc(C=C2SC(=O)N(CCCOCCNc3cccc4c3C(=O)N(C3CCC(=O)NC3=O)C4=O)C2=O)ccc1Oc1ccc(C#N)cc1C(F)(F)F. The molecule has 2 N–H and O–H groups in total. The molecule has 14 nitrogen and oxygen atoms in total. The third-order valence-electron chi connectivity index (χ3n) is 8.69. The van der Waals surface area contributed by atoms with E-state index in [1.807, 2.05) is 0 Å². The topological polar surface area (TPSA) is 184 Å². The Balaban J connectivity index is 0.991. The number of anilines is 1. The van der Waals surface area contributed by atoms with Crippen LogP contribution in [0.1, 0.15) is 56.7 Å². The van der Waals surface area contributed by atoms with E-state index in [9.17, 15) is 41.9 Å². The van der Waals surface area contributed by atoms with Gasteiger partial charge in [0, 0.05) is 31.8 Å². The number of thioether (sulfide) groups is 1. The summed E-state index contributed by atoms with van der Waals surface area (Å²) >= 11 is 0.726. The van der Waals surface area contributed by atoms with Crippen LogP contribution in [0, 0.1) is 11.3 Å². The maximum Gasteiger partial charge on any atom is 0.420 e. The predicted octanol–water partition coefficient (Wildman–Crippen LogP) is 5.33. The van der Waals surface area contributed by atoms with Crippen LogP contribution in [-0.2, 0) is 25.3 Å². The first kappa shape index (κ1) is 38.5. The minimum absolute atomic E-state index is 0.00883. The summed E-state index contributed by atoms with van der Waals surface area (Å²) in [4.78, 5) is 78.0. The number of hydrogen-bond acceptors (Lipinski definition) is 12. The molecule has 3 aromatic rings. The first-order chi connectivity index (χ1) is 26.3. The maximum atomic E-state index is 13.6. The molecule has 1 unspecified atom stereocenters. The third-order valence-corrected chi connectivity index (χ3v) is 9.60. The van der Waals surface area contributed by atoms with Crippen LogP contribution in [0.3, 0.4) is 0 Å². The molecule has 1 atom stereocenters. The average Bonchev–Trinajstić information content (AvgIpc) is 3.57. The van der Waals surface area contributed by atoms with Gasteiger partial charge in [0.05, 0.1) is 46.9 Å². The Labute approximate surface area is 315 Å². The largest absolute Gasteiger partial charge is 0.493 e. The fourth-order valence-electron chi connectivity index (χ4n) is 6.08. The van der Waals surface area contributed by atoms with Gasteiger partial charge < -0.3 is 19.5 Å². The lowest BCUT2D eigenvalue weighted by molar-refractivity contribution is -0.139. The second-order valence-corrected chi connectivity index (χ2v) is 13.2. The summed E-state index contributed by atoms with van der Waals surface area (Å²) in [7, 11) is 1.29. The molecular weight excluding hydrogens is 747 g/mol. The van der Waals surface area contributed by atoms with E-state index in [1.165, 1.54) is 43.5 Å². The number of benzene rings is 3. The lowest BCUT2D eigenvalue weighted by Crippen LogP contribution is -2.54. The molecule has 2 saturated heterocycles. The van der Waals surface area contributed by atoms with E-state index in [2.05, 4.69) is 10.6 Å². The van der Waals surface area contributed by atoms with Gasteiger partial charge in [0.15, 0.2) is 11.5 Å². The van der Waals surface area contributed by atoms with Gasteiger partial charge in [-0.05, 0) is 78.7 Å². The standard InChI is InChI=1S/C37H30F3N5O9S/c1-52-28-17-20(6-10-27(28)54-26-9-7-21(19-41)16-23(26)37(38,39)40)18-29-34(49)44(36(51)55-29)13-3-14-53-15-12-42-24-5-2-4-22-31(24)35(50)45(33(22)48)25-8-11-30(46)43-32(25)47/h2,4-7,9-10,16-18,25,42H,3,8,11-15H2,1H3,(H,43,46,47). The summed E-state index contributed by atoms with van der Waals surface area (Å²) in [6.45, 7) is 0.667. The predicted molar refractivity (Wildman–Crippen MR) is 189 cm³/mol. The Morgan fingerprint density at radius 2 is 1.76 bits per heavy atom. The van der Waals surface area contributed by atoms with Gasteiger partial charge in [0.25, 0.3) is 23.0 Å². The number of rotatable bonds is 13. The van der Waals surface area contributed by atoms with E-state index in [0.717, 1.165) is 27.6 Å². The van der Waals surface area contributed by atoms with Gasteiger partial charge in [0.2, 0.25) is 11.8 Å². The van der Waals surface area contributed by atoms with Crippen LogP contribution in [0.25, 0.3) is 6.08 Å². The summed E-state index contributed by atoms with van der Waals surface area (Å²) in [5, 5.41) is 13.7. The first-order valence-corrected chi connectivity index (χ1v) is 17.5. The molecule has 6 amide bonds. The molecule has 284 valence electrons. The number of nitriles is 1. The molecule has 3 heterocycles. The number of alkyl halides is 3. The number of halogens is 3. The van der Waals surface area contributed by atoms with E-state index < -0.39 is 58.3 Å². The Bertz CT molecular complexity index is 2190. The molecule has 3 aromatic carbocycles. The van der Waals surface area contributed by atoms with Crippen LogP contribution in [0.15, 0.2) is 59.5 Å². The van der Waals surface area contributed by atoms with Crippen molar-refractivity contribution in [2.24, 2.45) is 0 Å². The number of carbonyl (C=O) groups excluding carboxylic acids is 6. The molecule has 18 heteroatoms. The highest BCUT2D eigenvalue weighted by atomic mass is 32.2. The molecular formula is C37H30F3N5O9S. The van der Waals surface area contributed by atoms with Gasteiger partial charge in [-0.2, -0.15) is 18.4 Å². The van der Waals surface area contributed by atoms with Crippen molar-refractivity contribution in [2.45, 2.75) is 31.5 Å². The Kier molecular flexibility index (Phi) is 11.2. The molecule has 2 fully saturated rings. The highest BCUT2D eigenvalue weighted by molar-refractivity contribution is 8.18. The fourth-order valence-corrected chi connectivity index (χ4v) is 6.94. The van der Waals surface area contributed by atoms with Gasteiger partial charge in [-0.3, -0.25) is 43.9 Å². The maximum absolute atomic E-state index is 13.6. The van der Waals surface area contributed by atoms with Crippen molar-refractivity contribution in [2.75, 3.05) is 38.7 Å². The smallest absolute Gasteiger partial charge is 0.420 e. The van der Waals surface area contributed by atoms with E-state index in [0.29, 0.717) is 23.7 Å². The van der Waals surface area contributed by atoms with Crippen molar-refractivity contribution < 1.29 is 56.1 Å². The molecule has 6 rings (SSSR count). The molecule has 0 radical (unpaired) electrons. The molecule has 55 heavy (non-hydrogen) atoms. The number of nitrogens with zero attached hydrogens (tertiary/aromatic N) is 3. The van der Waals surface area contributed by atoms with Crippen LogP contribution in [0.4, 0.5) is 23.7 Å². The molecule has 0 aromatic heterocycles. The lowest BCUT2D eigenvalue weighted by Gasteiger charge is -2.27. The highest BCUT2D eigenvalue weighted by Crippen LogP contribution is 2.42. The van der Waals surface area contributed by atoms with Crippen LogP contribution in [0.2, 0.25) is 0 Å². The van der Waals surface area contributed by atoms with E-state index in [-0.39, 0.29) is 72.2 Å². The van der Waals surface area contributed by atoms with Gasteiger partial charge in [-0.25, -0.2) is 0 Å². The average molecular weight is 778 g/mol. The van der Waals surface area contributed by atoms with Gasteiger partial charge in [-0.15, -0.1) is 0 Å². The van der Waals surface area contributed by atoms with Crippen molar-refractivity contribution in [1.29, 1.82) is 5.26 Å². The summed E-state index contributed by atoms with van der Waals surface area (Å²) < 4.78 is 57.4. The second-order valence-electron chi connectivity index (χ2n) is 12.2. The number of hydrogen-bond donors (Lipinski definition) is 2. The number of amides is 6. The number of fused-ring (bicyclic) bond motifs is 1. The minimum atomic E-state index is -4.79. The summed E-state index contributed by atoms with van der Waals surface area (Å²) in [6, 6.07) is 12.5. The number of carbonyl (C=O) groups is 6. The zero-order valence-electron chi connectivity index (χ0n) is 28.9. The van der Waals surface area contributed by atoms with Crippen molar-refractivity contribution in [3.63, 3.8) is 0 Å². The zero-order valence-corrected chi connectivity index (χ0v) is 29.7. The monoisotopic (exact) mass is 777 g/mol. The second kappa shape index (κ2) is 16.0. The number of methoxy groups -OCH3 is 1. The third kappa shape index (κ3) is 8.17. The molecule has 3 aliphatic heterocycles. The van der Waals surface area contributed by atoms with E-state index in [4.69, 9.17) is 19.5 Å². The Hall–Kier alpha value is -6.19. The van der Waals surface area contributed by atoms with Crippen LogP contribution in [-0.4, -0.2) is 84.0 Å². The normalized spacial score (nSPS) is 17.8. The number of imide groups is 3. The molecule has 0 aliphatic carbocycles. The van der Waals surface area contributed by atoms with Gasteiger partial charge >= 0.3 is 6.18 Å². The van der Waals surface area contributed by atoms with Crippen molar-refractivity contribution >= 4 is 58.3 Å². The first-order valence-electron chi connectivity index (χ1n) is 16.7. The van der Waals surface area contributed by atoms with Gasteiger partial charge in [0.1, 0.15) is 11.8 Å². The highest BCUT2D eigenvalue weighted by Gasteiger charge is 2.45. The Morgan fingerprint density at radius 1 is 0.982 bits per heavy atom. The Morgan fingerprint density at radius 3 is 2.49 bits per heavy atom. The van der Waals surface area contributed by atoms with Crippen LogP contribution < -0.4 is 20.1 Å². The molecule has 0 spiro atoms. The number of ether oxygens (including phenoxy) is 3. The quantitative estimate of drug-likeness (QED) is 0.129. The summed E-state index contributed by atoms with van der Waals surface area (Å²) in [5.74, 6) is -3.49.